The van der Waals surface area contributed by atoms with Gasteiger partial charge in [-0.25, -0.2) is 15.0 Å². The first-order valence-corrected chi connectivity index (χ1v) is 15.8. The molecule has 5 rings (SSSR count). The van der Waals surface area contributed by atoms with E-state index in [4.69, 9.17) is 21.7 Å². The molecule has 0 aliphatic carbocycles. The number of halogens is 1. The van der Waals surface area contributed by atoms with Crippen molar-refractivity contribution in [2.45, 2.75) is 71.1 Å². The number of ketones is 1. The Morgan fingerprint density at radius 2 is 1.88 bits per heavy atom. The second kappa shape index (κ2) is 12.6. The number of carbonyl (C=O) groups is 2. The summed E-state index contributed by atoms with van der Waals surface area (Å²) in [4.78, 5) is 46.0. The standard InChI is InChI=1S/C28H35ClN6O3S2/c1-17-4-5-18(2)35(17)15-23-28(20-10-24(29)39-16-20)32-26(40-23)11-22(36)21-12-31-25(13-30-21)34-9-8-33(19(3)14-34)7-6-27(37)38/h10,12-13,16-19H,4-9,11,14-15H2,1-3H3,(H,37,38)/t17-,18-,19+/m1/s1. The number of hydrogen-bond donors (Lipinski definition) is 1. The molecule has 214 valence electrons. The van der Waals surface area contributed by atoms with Gasteiger partial charge in [0.2, 0.25) is 0 Å². The average Bonchev–Trinajstić information content (AvgIpc) is 3.63. The number of hydrogen-bond acceptors (Lipinski definition) is 10. The van der Waals surface area contributed by atoms with Crippen LogP contribution in [0.2, 0.25) is 4.34 Å². The Morgan fingerprint density at radius 1 is 1.10 bits per heavy atom. The lowest BCUT2D eigenvalue weighted by molar-refractivity contribution is -0.137. The molecule has 0 amide bonds. The normalized spacial score (nSPS) is 22.2. The van der Waals surface area contributed by atoms with Gasteiger partial charge < -0.3 is 10.0 Å². The Labute approximate surface area is 247 Å². The Morgan fingerprint density at radius 3 is 2.50 bits per heavy atom. The number of likely N-dealkylation sites (tertiary alicyclic amines) is 1. The quantitative estimate of drug-likeness (QED) is 0.318. The van der Waals surface area contributed by atoms with Crippen molar-refractivity contribution < 1.29 is 14.7 Å². The van der Waals surface area contributed by atoms with E-state index in [2.05, 4.69) is 45.4 Å². The minimum Gasteiger partial charge on any atom is -0.481 e. The van der Waals surface area contributed by atoms with Gasteiger partial charge in [-0.1, -0.05) is 11.6 Å². The van der Waals surface area contributed by atoms with E-state index in [1.807, 2.05) is 11.4 Å². The molecule has 3 aromatic rings. The van der Waals surface area contributed by atoms with Crippen LogP contribution in [0.1, 0.15) is 60.4 Å². The summed E-state index contributed by atoms with van der Waals surface area (Å²) in [6, 6.07) is 3.19. The van der Waals surface area contributed by atoms with E-state index in [-0.39, 0.29) is 24.7 Å². The van der Waals surface area contributed by atoms with Crippen molar-refractivity contribution in [3.63, 3.8) is 0 Å². The number of Topliss-reactive ketones (excluding diaryl/α,β-unsaturated/α-hetero) is 1. The number of thiazole rings is 1. The van der Waals surface area contributed by atoms with Gasteiger partial charge in [-0.15, -0.1) is 22.7 Å². The van der Waals surface area contributed by atoms with Crippen molar-refractivity contribution in [1.29, 1.82) is 0 Å². The topological polar surface area (TPSA) is 103 Å². The van der Waals surface area contributed by atoms with Crippen molar-refractivity contribution >= 4 is 51.8 Å². The van der Waals surface area contributed by atoms with Crippen LogP contribution in [0.25, 0.3) is 11.3 Å². The predicted octanol–water partition coefficient (Wildman–Crippen LogP) is 5.10. The summed E-state index contributed by atoms with van der Waals surface area (Å²) in [7, 11) is 0. The van der Waals surface area contributed by atoms with Gasteiger partial charge in [0.05, 0.1) is 35.3 Å². The summed E-state index contributed by atoms with van der Waals surface area (Å²) >= 11 is 9.34. The highest BCUT2D eigenvalue weighted by atomic mass is 35.5. The molecule has 0 unspecified atom stereocenters. The average molecular weight is 603 g/mol. The molecule has 5 heterocycles. The molecule has 40 heavy (non-hydrogen) atoms. The number of carbonyl (C=O) groups excluding carboxylic acids is 1. The maximum Gasteiger partial charge on any atom is 0.304 e. The van der Waals surface area contributed by atoms with E-state index < -0.39 is 5.97 Å². The Hall–Kier alpha value is -2.44. The minimum atomic E-state index is -0.780. The number of carboxylic acids is 1. The van der Waals surface area contributed by atoms with Crippen LogP contribution in [0.15, 0.2) is 23.8 Å². The fraction of sp³-hybridized carbons (Fsp3) is 0.536. The van der Waals surface area contributed by atoms with Crippen LogP contribution in [-0.2, 0) is 17.8 Å². The van der Waals surface area contributed by atoms with Gasteiger partial charge in [-0.05, 0) is 39.7 Å². The number of nitrogens with zero attached hydrogens (tertiary/aromatic N) is 6. The Bertz CT molecular complexity index is 1340. The number of aromatic nitrogens is 3. The summed E-state index contributed by atoms with van der Waals surface area (Å²) in [5.41, 5.74) is 2.25. The summed E-state index contributed by atoms with van der Waals surface area (Å²) in [5.74, 6) is -0.162. The van der Waals surface area contributed by atoms with Crippen LogP contribution in [0.3, 0.4) is 0 Å². The second-order valence-corrected chi connectivity index (χ2v) is 13.5. The molecule has 0 aromatic carbocycles. The van der Waals surface area contributed by atoms with Crippen molar-refractivity contribution in [2.24, 2.45) is 0 Å². The summed E-state index contributed by atoms with van der Waals surface area (Å²) in [6.07, 6.45) is 5.92. The molecule has 0 spiro atoms. The SMILES string of the molecule is C[C@@H]1CC[C@@H](C)N1Cc1sc(CC(=O)c2cnc(N3CCN(CCC(=O)O)[C@@H](C)C3)cn2)nc1-c1csc(Cl)c1. The van der Waals surface area contributed by atoms with Gasteiger partial charge in [0.25, 0.3) is 0 Å². The lowest BCUT2D eigenvalue weighted by Crippen LogP contribution is -2.52. The van der Waals surface area contributed by atoms with E-state index >= 15 is 0 Å². The van der Waals surface area contributed by atoms with Crippen LogP contribution in [-0.4, -0.2) is 85.9 Å². The van der Waals surface area contributed by atoms with E-state index in [1.165, 1.54) is 24.2 Å². The third-order valence-corrected chi connectivity index (χ3v) is 10.1. The molecule has 2 aliphatic rings. The van der Waals surface area contributed by atoms with Crippen molar-refractivity contribution in [1.82, 2.24) is 24.8 Å². The number of rotatable bonds is 10. The number of aliphatic carboxylic acids is 1. The highest BCUT2D eigenvalue weighted by Gasteiger charge is 2.30. The fourth-order valence-corrected chi connectivity index (χ4v) is 7.56. The van der Waals surface area contributed by atoms with Gasteiger partial charge in [-0.3, -0.25) is 19.4 Å². The van der Waals surface area contributed by atoms with Gasteiger partial charge in [-0.2, -0.15) is 0 Å². The first kappa shape index (κ1) is 29.1. The largest absolute Gasteiger partial charge is 0.481 e. The van der Waals surface area contributed by atoms with E-state index in [0.29, 0.717) is 24.3 Å². The van der Waals surface area contributed by atoms with E-state index in [0.717, 1.165) is 57.5 Å². The summed E-state index contributed by atoms with van der Waals surface area (Å²) in [6.45, 7) is 10.2. The molecule has 3 aromatic heterocycles. The molecule has 0 bridgehead atoms. The summed E-state index contributed by atoms with van der Waals surface area (Å²) in [5, 5.41) is 11.8. The molecular weight excluding hydrogens is 568 g/mol. The molecule has 1 N–H and O–H groups in total. The van der Waals surface area contributed by atoms with Crippen LogP contribution in [0.5, 0.6) is 0 Å². The van der Waals surface area contributed by atoms with Gasteiger partial charge in [0.15, 0.2) is 5.78 Å². The lowest BCUT2D eigenvalue weighted by Gasteiger charge is -2.40. The molecule has 0 saturated carbocycles. The first-order valence-electron chi connectivity index (χ1n) is 13.7. The third kappa shape index (κ3) is 6.71. The second-order valence-electron chi connectivity index (χ2n) is 10.8. The Balaban J connectivity index is 1.26. The zero-order chi connectivity index (χ0) is 28.4. The van der Waals surface area contributed by atoms with Crippen LogP contribution < -0.4 is 4.90 Å². The van der Waals surface area contributed by atoms with Crippen molar-refractivity contribution in [3.05, 3.63) is 43.8 Å². The third-order valence-electron chi connectivity index (χ3n) is 7.98. The smallest absolute Gasteiger partial charge is 0.304 e. The fourth-order valence-electron chi connectivity index (χ4n) is 5.60. The van der Waals surface area contributed by atoms with Gasteiger partial charge in [0, 0.05) is 66.7 Å². The van der Waals surface area contributed by atoms with E-state index in [1.54, 1.807) is 23.7 Å². The van der Waals surface area contributed by atoms with Crippen molar-refractivity contribution in [2.75, 3.05) is 31.1 Å². The van der Waals surface area contributed by atoms with Gasteiger partial charge in [0.1, 0.15) is 16.5 Å². The van der Waals surface area contributed by atoms with E-state index in [9.17, 15) is 9.59 Å². The number of carboxylic acid groups (broad SMARTS) is 1. The van der Waals surface area contributed by atoms with Crippen molar-refractivity contribution in [3.8, 4) is 11.3 Å². The molecular formula is C28H35ClN6O3S2. The Kier molecular flexibility index (Phi) is 9.16. The maximum atomic E-state index is 13.2. The molecule has 2 saturated heterocycles. The number of piperazine rings is 1. The zero-order valence-electron chi connectivity index (χ0n) is 23.0. The molecule has 3 atom stereocenters. The summed E-state index contributed by atoms with van der Waals surface area (Å²) < 4.78 is 0.723. The van der Waals surface area contributed by atoms with Crippen LogP contribution in [0.4, 0.5) is 5.82 Å². The highest BCUT2D eigenvalue weighted by Crippen LogP contribution is 2.36. The predicted molar refractivity (Wildman–Crippen MR) is 160 cm³/mol. The highest BCUT2D eigenvalue weighted by molar-refractivity contribution is 7.15. The first-order chi connectivity index (χ1) is 19.2. The zero-order valence-corrected chi connectivity index (χ0v) is 25.4. The molecule has 2 fully saturated rings. The van der Waals surface area contributed by atoms with Gasteiger partial charge >= 0.3 is 5.97 Å². The monoisotopic (exact) mass is 602 g/mol. The number of anilines is 1. The number of thiophene rings is 1. The van der Waals surface area contributed by atoms with Crippen LogP contribution >= 0.6 is 34.3 Å². The molecule has 2 aliphatic heterocycles. The molecule has 0 radical (unpaired) electrons. The molecule has 12 heteroatoms. The molecule has 9 nitrogen and oxygen atoms in total. The maximum absolute atomic E-state index is 13.2. The minimum absolute atomic E-state index is 0.107. The van der Waals surface area contributed by atoms with Crippen LogP contribution in [0, 0.1) is 0 Å². The lowest BCUT2D eigenvalue weighted by atomic mass is 10.1.